The molecule has 0 bridgehead atoms. The highest BCUT2D eigenvalue weighted by atomic mass is 14.7. The molecule has 1 aromatic heterocycles. The maximum absolute atomic E-state index is 5.55. The molecule has 0 amide bonds. The van der Waals surface area contributed by atoms with Crippen molar-refractivity contribution >= 4 is 5.69 Å². The molecule has 0 saturated carbocycles. The third-order valence-electron chi connectivity index (χ3n) is 2.19. The highest BCUT2D eigenvalue weighted by Gasteiger charge is 2.02. The first kappa shape index (κ1) is 10.0. The molecule has 1 atom stereocenters. The number of anilines is 1. The maximum atomic E-state index is 5.55. The Hall–Kier alpha value is -1.05. The molecule has 2 nitrogen and oxygen atoms in total. The van der Waals surface area contributed by atoms with Gasteiger partial charge in [-0.3, -0.25) is 4.98 Å². The fourth-order valence-corrected chi connectivity index (χ4v) is 1.51. The first-order chi connectivity index (χ1) is 6.22. The summed E-state index contributed by atoms with van der Waals surface area (Å²) in [6.45, 7) is 4.48. The summed E-state index contributed by atoms with van der Waals surface area (Å²) >= 11 is 0. The fraction of sp³-hybridized carbons (Fsp3) is 0.545. The molecule has 2 heteroatoms. The van der Waals surface area contributed by atoms with Gasteiger partial charge in [-0.1, -0.05) is 26.7 Å². The van der Waals surface area contributed by atoms with E-state index in [1.54, 1.807) is 6.20 Å². The van der Waals surface area contributed by atoms with E-state index in [2.05, 4.69) is 18.8 Å². The van der Waals surface area contributed by atoms with Crippen molar-refractivity contribution in [1.82, 2.24) is 4.98 Å². The minimum Gasteiger partial charge on any atom is -0.397 e. The monoisotopic (exact) mass is 178 g/mol. The van der Waals surface area contributed by atoms with Crippen LogP contribution in [0.15, 0.2) is 18.3 Å². The summed E-state index contributed by atoms with van der Waals surface area (Å²) in [5.41, 5.74) is 7.44. The van der Waals surface area contributed by atoms with Crippen molar-refractivity contribution in [3.8, 4) is 0 Å². The van der Waals surface area contributed by atoms with Crippen molar-refractivity contribution in [2.75, 3.05) is 5.73 Å². The predicted molar refractivity (Wildman–Crippen MR) is 56.4 cm³/mol. The zero-order chi connectivity index (χ0) is 9.68. The molecular formula is C11H18N2. The number of pyridine rings is 1. The van der Waals surface area contributed by atoms with Crippen LogP contribution in [0, 0.1) is 5.92 Å². The van der Waals surface area contributed by atoms with Crippen LogP contribution in [0.4, 0.5) is 5.69 Å². The third kappa shape index (κ3) is 3.45. The lowest BCUT2D eigenvalue weighted by atomic mass is 10.00. The van der Waals surface area contributed by atoms with E-state index in [9.17, 15) is 0 Å². The Morgan fingerprint density at radius 3 is 2.77 bits per heavy atom. The van der Waals surface area contributed by atoms with Crippen LogP contribution >= 0.6 is 0 Å². The number of hydrogen-bond acceptors (Lipinski definition) is 2. The Kier molecular flexibility index (Phi) is 3.74. The first-order valence-electron chi connectivity index (χ1n) is 4.92. The summed E-state index contributed by atoms with van der Waals surface area (Å²) < 4.78 is 0. The first-order valence-corrected chi connectivity index (χ1v) is 4.92. The van der Waals surface area contributed by atoms with Crippen molar-refractivity contribution in [2.45, 2.75) is 33.1 Å². The van der Waals surface area contributed by atoms with E-state index in [4.69, 9.17) is 5.73 Å². The summed E-state index contributed by atoms with van der Waals surface area (Å²) in [6, 6.07) is 3.93. The van der Waals surface area contributed by atoms with Crippen LogP contribution in [0.2, 0.25) is 0 Å². The minimum atomic E-state index is 0.723. The normalized spacial score (nSPS) is 12.8. The summed E-state index contributed by atoms with van der Waals surface area (Å²) in [4.78, 5) is 4.28. The smallest absolute Gasteiger partial charge is 0.0501 e. The van der Waals surface area contributed by atoms with Crippen LogP contribution in [0.3, 0.4) is 0 Å². The van der Waals surface area contributed by atoms with Crippen LogP contribution in [0.1, 0.15) is 32.4 Å². The van der Waals surface area contributed by atoms with E-state index in [-0.39, 0.29) is 0 Å². The van der Waals surface area contributed by atoms with Gasteiger partial charge in [0.25, 0.3) is 0 Å². The van der Waals surface area contributed by atoms with Gasteiger partial charge in [0, 0.05) is 5.69 Å². The molecule has 1 aromatic rings. The largest absolute Gasteiger partial charge is 0.397 e. The molecule has 0 aliphatic heterocycles. The average Bonchev–Trinajstić information content (AvgIpc) is 2.09. The zero-order valence-electron chi connectivity index (χ0n) is 8.46. The molecule has 0 fully saturated rings. The van der Waals surface area contributed by atoms with Gasteiger partial charge in [-0.15, -0.1) is 0 Å². The number of aromatic nitrogens is 1. The Bertz CT molecular complexity index is 241. The van der Waals surface area contributed by atoms with Gasteiger partial charge in [-0.2, -0.15) is 0 Å². The topological polar surface area (TPSA) is 38.9 Å². The molecule has 1 unspecified atom stereocenters. The number of nitrogens with two attached hydrogens (primary N) is 1. The number of nitrogens with zero attached hydrogens (tertiary/aromatic N) is 1. The van der Waals surface area contributed by atoms with Crippen molar-refractivity contribution in [3.63, 3.8) is 0 Å². The molecule has 72 valence electrons. The van der Waals surface area contributed by atoms with E-state index in [1.807, 2.05) is 12.1 Å². The van der Waals surface area contributed by atoms with E-state index >= 15 is 0 Å². The van der Waals surface area contributed by atoms with Crippen LogP contribution in [0.5, 0.6) is 0 Å². The van der Waals surface area contributed by atoms with Crippen molar-refractivity contribution in [3.05, 3.63) is 24.0 Å². The average molecular weight is 178 g/mol. The standard InChI is InChI=1S/C11H18N2/c1-3-4-9(2)7-11-6-5-10(12)8-13-11/h5-6,8-9H,3-4,7,12H2,1-2H3. The van der Waals surface area contributed by atoms with Gasteiger partial charge in [0.1, 0.15) is 0 Å². The second-order valence-electron chi connectivity index (χ2n) is 3.68. The molecule has 1 rings (SSSR count). The Labute approximate surface area is 80.2 Å². The second kappa shape index (κ2) is 4.85. The quantitative estimate of drug-likeness (QED) is 0.769. The third-order valence-corrected chi connectivity index (χ3v) is 2.19. The molecule has 0 aromatic carbocycles. The Morgan fingerprint density at radius 1 is 1.46 bits per heavy atom. The lowest BCUT2D eigenvalue weighted by Gasteiger charge is -2.08. The SMILES string of the molecule is CCCC(C)Cc1ccc(N)cn1. The second-order valence-corrected chi connectivity index (χ2v) is 3.68. The van der Waals surface area contributed by atoms with Gasteiger partial charge in [-0.25, -0.2) is 0 Å². The molecule has 0 radical (unpaired) electrons. The van der Waals surface area contributed by atoms with E-state index in [0.717, 1.165) is 23.7 Å². The minimum absolute atomic E-state index is 0.723. The van der Waals surface area contributed by atoms with E-state index in [1.165, 1.54) is 12.8 Å². The van der Waals surface area contributed by atoms with Crippen LogP contribution in [-0.4, -0.2) is 4.98 Å². The van der Waals surface area contributed by atoms with Crippen LogP contribution in [0.25, 0.3) is 0 Å². The number of rotatable bonds is 4. The molecule has 0 aliphatic rings. The van der Waals surface area contributed by atoms with Gasteiger partial charge in [-0.05, 0) is 24.5 Å². The summed E-state index contributed by atoms with van der Waals surface area (Å²) in [5.74, 6) is 0.723. The van der Waals surface area contributed by atoms with Gasteiger partial charge in [0.15, 0.2) is 0 Å². The molecule has 0 spiro atoms. The van der Waals surface area contributed by atoms with E-state index < -0.39 is 0 Å². The zero-order valence-corrected chi connectivity index (χ0v) is 8.46. The predicted octanol–water partition coefficient (Wildman–Crippen LogP) is 2.64. The molecule has 2 N–H and O–H groups in total. The van der Waals surface area contributed by atoms with Gasteiger partial charge < -0.3 is 5.73 Å². The lowest BCUT2D eigenvalue weighted by Crippen LogP contribution is -2.01. The van der Waals surface area contributed by atoms with Gasteiger partial charge in [0.2, 0.25) is 0 Å². The van der Waals surface area contributed by atoms with Crippen molar-refractivity contribution in [2.24, 2.45) is 5.92 Å². The Balaban J connectivity index is 2.49. The van der Waals surface area contributed by atoms with Crippen molar-refractivity contribution < 1.29 is 0 Å². The number of nitrogen functional groups attached to an aromatic ring is 1. The Morgan fingerprint density at radius 2 is 2.23 bits per heavy atom. The highest BCUT2D eigenvalue weighted by molar-refractivity contribution is 5.34. The molecule has 0 saturated heterocycles. The highest BCUT2D eigenvalue weighted by Crippen LogP contribution is 2.12. The van der Waals surface area contributed by atoms with Crippen LogP contribution < -0.4 is 5.73 Å². The summed E-state index contributed by atoms with van der Waals surface area (Å²) in [5, 5.41) is 0. The maximum Gasteiger partial charge on any atom is 0.0501 e. The molecular weight excluding hydrogens is 160 g/mol. The fourth-order valence-electron chi connectivity index (χ4n) is 1.51. The lowest BCUT2D eigenvalue weighted by molar-refractivity contribution is 0.517. The van der Waals surface area contributed by atoms with Gasteiger partial charge >= 0.3 is 0 Å². The van der Waals surface area contributed by atoms with Gasteiger partial charge in [0.05, 0.1) is 11.9 Å². The summed E-state index contributed by atoms with van der Waals surface area (Å²) in [6.07, 6.45) is 5.31. The van der Waals surface area contributed by atoms with Crippen molar-refractivity contribution in [1.29, 1.82) is 0 Å². The van der Waals surface area contributed by atoms with E-state index in [0.29, 0.717) is 0 Å². The van der Waals surface area contributed by atoms with Crippen LogP contribution in [-0.2, 0) is 6.42 Å². The molecule has 1 heterocycles. The number of hydrogen-bond donors (Lipinski definition) is 1. The molecule has 13 heavy (non-hydrogen) atoms. The molecule has 0 aliphatic carbocycles. The summed E-state index contributed by atoms with van der Waals surface area (Å²) in [7, 11) is 0.